The van der Waals surface area contributed by atoms with Gasteiger partial charge in [0.15, 0.2) is 0 Å². The molecule has 0 aromatic heterocycles. The summed E-state index contributed by atoms with van der Waals surface area (Å²) in [5.41, 5.74) is 6.74. The fraction of sp³-hybridized carbons (Fsp3) is 0.500. The zero-order valence-electron chi connectivity index (χ0n) is 11.4. The summed E-state index contributed by atoms with van der Waals surface area (Å²) in [7, 11) is -3.75. The number of nitrogens with one attached hydrogen (secondary N) is 1. The van der Waals surface area contributed by atoms with Crippen LogP contribution in [0.2, 0.25) is 0 Å². The van der Waals surface area contributed by atoms with Gasteiger partial charge in [0, 0.05) is 17.6 Å². The lowest BCUT2D eigenvalue weighted by Gasteiger charge is -2.12. The van der Waals surface area contributed by atoms with E-state index >= 15 is 0 Å². The van der Waals surface area contributed by atoms with Crippen molar-refractivity contribution in [1.29, 1.82) is 0 Å². The zero-order valence-corrected chi connectivity index (χ0v) is 13.8. The first-order valence-electron chi connectivity index (χ1n) is 6.12. The highest BCUT2D eigenvalue weighted by atomic mass is 79.9. The molecule has 0 unspecified atom stereocenters. The highest BCUT2D eigenvalue weighted by molar-refractivity contribution is 9.10. The number of halogens is 3. The Kier molecular flexibility index (Phi) is 7.14. The highest BCUT2D eigenvalue weighted by Crippen LogP contribution is 2.25. The van der Waals surface area contributed by atoms with E-state index < -0.39 is 23.1 Å². The maximum absolute atomic E-state index is 12.2. The van der Waals surface area contributed by atoms with E-state index in [0.717, 1.165) is 0 Å². The molecule has 0 fully saturated rings. The Morgan fingerprint density at radius 1 is 1.43 bits per heavy atom. The molecule has 0 amide bonds. The van der Waals surface area contributed by atoms with Gasteiger partial charge in [0.2, 0.25) is 10.0 Å². The number of hydrogen-bond acceptors (Lipinski definition) is 4. The molecule has 0 aliphatic carbocycles. The molecule has 0 spiro atoms. The summed E-state index contributed by atoms with van der Waals surface area (Å²) in [6.45, 7) is 0.944. The standard InChI is InChI=1S/C12H17BrF2N2O3S/c1-8-10(13)4-9(6-16)5-11(8)21(18,19)17-2-3-20-7-12(14)15/h4-5,12,17H,2-3,6-7,16H2,1H3. The fourth-order valence-electron chi connectivity index (χ4n) is 1.60. The average Bonchev–Trinajstić information content (AvgIpc) is 2.40. The maximum Gasteiger partial charge on any atom is 0.261 e. The van der Waals surface area contributed by atoms with Crippen molar-refractivity contribution in [2.45, 2.75) is 24.8 Å². The van der Waals surface area contributed by atoms with Crippen molar-refractivity contribution < 1.29 is 21.9 Å². The van der Waals surface area contributed by atoms with Crippen molar-refractivity contribution in [1.82, 2.24) is 4.72 Å². The Morgan fingerprint density at radius 3 is 2.67 bits per heavy atom. The molecule has 1 aromatic carbocycles. The van der Waals surface area contributed by atoms with Crippen LogP contribution in [0.3, 0.4) is 0 Å². The summed E-state index contributed by atoms with van der Waals surface area (Å²) in [4.78, 5) is 0.103. The number of benzene rings is 1. The normalized spacial score (nSPS) is 12.1. The molecule has 1 aromatic rings. The molecule has 21 heavy (non-hydrogen) atoms. The lowest BCUT2D eigenvalue weighted by molar-refractivity contribution is 0.0199. The average molecular weight is 387 g/mol. The third-order valence-electron chi connectivity index (χ3n) is 2.66. The van der Waals surface area contributed by atoms with Gasteiger partial charge in [0.05, 0.1) is 11.5 Å². The largest absolute Gasteiger partial charge is 0.374 e. The summed E-state index contributed by atoms with van der Waals surface area (Å²) in [6, 6.07) is 3.24. The van der Waals surface area contributed by atoms with Crippen LogP contribution in [0.1, 0.15) is 11.1 Å². The van der Waals surface area contributed by atoms with Crippen LogP contribution in [0, 0.1) is 6.92 Å². The van der Waals surface area contributed by atoms with Crippen molar-refractivity contribution in [3.8, 4) is 0 Å². The van der Waals surface area contributed by atoms with Crippen molar-refractivity contribution in [3.05, 3.63) is 27.7 Å². The number of ether oxygens (including phenoxy) is 1. The predicted molar refractivity (Wildman–Crippen MR) is 78.8 cm³/mol. The van der Waals surface area contributed by atoms with E-state index in [2.05, 4.69) is 25.4 Å². The second kappa shape index (κ2) is 8.14. The summed E-state index contributed by atoms with van der Waals surface area (Å²) < 4.78 is 55.7. The SMILES string of the molecule is Cc1c(Br)cc(CN)cc1S(=O)(=O)NCCOCC(F)F. The highest BCUT2D eigenvalue weighted by Gasteiger charge is 2.19. The topological polar surface area (TPSA) is 81.4 Å². The van der Waals surface area contributed by atoms with Gasteiger partial charge >= 0.3 is 0 Å². The number of sulfonamides is 1. The molecule has 120 valence electrons. The van der Waals surface area contributed by atoms with Gasteiger partial charge in [-0.15, -0.1) is 0 Å². The number of nitrogens with two attached hydrogens (primary N) is 1. The second-order valence-corrected chi connectivity index (χ2v) is 6.86. The van der Waals surface area contributed by atoms with Gasteiger partial charge in [-0.05, 0) is 30.2 Å². The summed E-state index contributed by atoms with van der Waals surface area (Å²) in [6.07, 6.45) is -2.57. The van der Waals surface area contributed by atoms with Gasteiger partial charge in [0.1, 0.15) is 6.61 Å². The van der Waals surface area contributed by atoms with Gasteiger partial charge in [-0.3, -0.25) is 0 Å². The van der Waals surface area contributed by atoms with Crippen LogP contribution in [0.5, 0.6) is 0 Å². The number of hydrogen-bond donors (Lipinski definition) is 2. The van der Waals surface area contributed by atoms with Crippen LogP contribution in [-0.4, -0.2) is 34.6 Å². The van der Waals surface area contributed by atoms with E-state index in [1.807, 2.05) is 0 Å². The molecule has 0 saturated heterocycles. The fourth-order valence-corrected chi connectivity index (χ4v) is 3.57. The molecule has 0 saturated carbocycles. The van der Waals surface area contributed by atoms with Gasteiger partial charge in [-0.1, -0.05) is 15.9 Å². The molecule has 0 aliphatic rings. The van der Waals surface area contributed by atoms with Crippen molar-refractivity contribution in [2.75, 3.05) is 19.8 Å². The maximum atomic E-state index is 12.2. The summed E-state index contributed by atoms with van der Waals surface area (Å²) in [5, 5.41) is 0. The summed E-state index contributed by atoms with van der Waals surface area (Å²) in [5.74, 6) is 0. The first kappa shape index (κ1) is 18.4. The predicted octanol–water partition coefficient (Wildman–Crippen LogP) is 1.78. The Hall–Kier alpha value is -0.610. The van der Waals surface area contributed by atoms with E-state index in [4.69, 9.17) is 5.73 Å². The van der Waals surface area contributed by atoms with Crippen molar-refractivity contribution in [3.63, 3.8) is 0 Å². The van der Waals surface area contributed by atoms with Crippen molar-refractivity contribution >= 4 is 26.0 Å². The molecule has 9 heteroatoms. The van der Waals surface area contributed by atoms with Crippen LogP contribution in [-0.2, 0) is 21.3 Å². The molecular formula is C12H17BrF2N2O3S. The van der Waals surface area contributed by atoms with Gasteiger partial charge in [-0.25, -0.2) is 21.9 Å². The third kappa shape index (κ3) is 5.59. The van der Waals surface area contributed by atoms with E-state index in [1.165, 1.54) is 6.07 Å². The first-order chi connectivity index (χ1) is 9.77. The van der Waals surface area contributed by atoms with Gasteiger partial charge in [0.25, 0.3) is 6.43 Å². The van der Waals surface area contributed by atoms with Crippen LogP contribution < -0.4 is 10.5 Å². The van der Waals surface area contributed by atoms with Crippen LogP contribution in [0.25, 0.3) is 0 Å². The Bertz CT molecular complexity index is 582. The lowest BCUT2D eigenvalue weighted by Crippen LogP contribution is -2.28. The van der Waals surface area contributed by atoms with Crippen LogP contribution >= 0.6 is 15.9 Å². The first-order valence-corrected chi connectivity index (χ1v) is 8.40. The Labute approximate surface area is 131 Å². The minimum absolute atomic E-state index is 0.0844. The zero-order chi connectivity index (χ0) is 16.0. The quantitative estimate of drug-likeness (QED) is 0.667. The summed E-state index contributed by atoms with van der Waals surface area (Å²) >= 11 is 3.28. The molecule has 1 rings (SSSR count). The lowest BCUT2D eigenvalue weighted by atomic mass is 10.1. The molecule has 0 atom stereocenters. The molecule has 0 heterocycles. The smallest absolute Gasteiger partial charge is 0.261 e. The molecule has 0 radical (unpaired) electrons. The Balaban J connectivity index is 2.76. The molecule has 0 bridgehead atoms. The number of rotatable bonds is 8. The number of alkyl halides is 2. The van der Waals surface area contributed by atoms with E-state index in [9.17, 15) is 17.2 Å². The molecular weight excluding hydrogens is 370 g/mol. The van der Waals surface area contributed by atoms with Gasteiger partial charge < -0.3 is 10.5 Å². The van der Waals surface area contributed by atoms with E-state index in [0.29, 0.717) is 15.6 Å². The van der Waals surface area contributed by atoms with E-state index in [-0.39, 0.29) is 24.6 Å². The van der Waals surface area contributed by atoms with Crippen molar-refractivity contribution in [2.24, 2.45) is 5.73 Å². The molecule has 3 N–H and O–H groups in total. The molecule has 0 aliphatic heterocycles. The van der Waals surface area contributed by atoms with E-state index in [1.54, 1.807) is 13.0 Å². The second-order valence-electron chi connectivity index (χ2n) is 4.27. The minimum Gasteiger partial charge on any atom is -0.374 e. The van der Waals surface area contributed by atoms with Crippen LogP contribution in [0.15, 0.2) is 21.5 Å². The third-order valence-corrected chi connectivity index (χ3v) is 5.07. The minimum atomic E-state index is -3.75. The monoisotopic (exact) mass is 386 g/mol. The van der Waals surface area contributed by atoms with Crippen LogP contribution in [0.4, 0.5) is 8.78 Å². The molecule has 5 nitrogen and oxygen atoms in total. The Morgan fingerprint density at radius 2 is 2.10 bits per heavy atom. The van der Waals surface area contributed by atoms with Gasteiger partial charge in [-0.2, -0.15) is 0 Å².